The number of nitrogens with zero attached hydrogens (tertiary/aromatic N) is 1. The van der Waals surface area contributed by atoms with Crippen LogP contribution in [0.4, 0.5) is 0 Å². The van der Waals surface area contributed by atoms with Gasteiger partial charge in [0.15, 0.2) is 23.0 Å². The Labute approximate surface area is 140 Å². The lowest BCUT2D eigenvalue weighted by atomic mass is 9.83. The molecule has 3 aliphatic rings. The number of methoxy groups -OCH3 is 1. The van der Waals surface area contributed by atoms with E-state index >= 15 is 0 Å². The van der Waals surface area contributed by atoms with E-state index in [1.165, 1.54) is 16.7 Å². The van der Waals surface area contributed by atoms with Crippen molar-refractivity contribution in [3.8, 4) is 23.0 Å². The molecule has 0 saturated heterocycles. The number of ether oxygens (including phenoxy) is 3. The van der Waals surface area contributed by atoms with Crippen LogP contribution >= 0.6 is 0 Å². The van der Waals surface area contributed by atoms with Crippen molar-refractivity contribution < 1.29 is 19.3 Å². The summed E-state index contributed by atoms with van der Waals surface area (Å²) in [6, 6.07) is 8.32. The average Bonchev–Trinajstić information content (AvgIpc) is 3.05. The number of hydrogen-bond acceptors (Lipinski definition) is 5. The molecule has 0 spiro atoms. The Morgan fingerprint density at radius 3 is 2.71 bits per heavy atom. The van der Waals surface area contributed by atoms with Gasteiger partial charge in [0.05, 0.1) is 7.11 Å². The molecule has 0 unspecified atom stereocenters. The maximum Gasteiger partial charge on any atom is 0.231 e. The molecule has 0 bridgehead atoms. The Bertz CT molecular complexity index is 833. The summed E-state index contributed by atoms with van der Waals surface area (Å²) in [7, 11) is 1.60. The molecule has 0 fully saturated rings. The summed E-state index contributed by atoms with van der Waals surface area (Å²) in [5, 5.41) is 10.7. The highest BCUT2D eigenvalue weighted by Gasteiger charge is 2.35. The van der Waals surface area contributed by atoms with Crippen LogP contribution in [0.15, 0.2) is 24.3 Å². The molecular weight excluding hydrogens is 306 g/mol. The number of benzene rings is 2. The zero-order valence-electron chi connectivity index (χ0n) is 13.5. The van der Waals surface area contributed by atoms with E-state index in [-0.39, 0.29) is 11.8 Å². The van der Waals surface area contributed by atoms with Gasteiger partial charge in [0.1, 0.15) is 0 Å². The lowest BCUT2D eigenvalue weighted by Crippen LogP contribution is -2.39. The molecule has 3 aliphatic heterocycles. The molecule has 1 atom stereocenters. The fraction of sp³-hybridized carbons (Fsp3) is 0.368. The lowest BCUT2D eigenvalue weighted by Gasteiger charge is -2.41. The van der Waals surface area contributed by atoms with Gasteiger partial charge in [-0.15, -0.1) is 0 Å². The zero-order valence-corrected chi connectivity index (χ0v) is 13.5. The maximum atomic E-state index is 10.7. The standard InChI is InChI=1S/C19H19NO4/c1-22-15-3-2-11-4-5-20-9-13-8-17-16(23-10-24-17)7-12(13)6-14(20)18(11)19(15)21/h2-3,7-8,14,21H,4-6,9-10H2,1H3/t14-/m0/s1. The van der Waals surface area contributed by atoms with Crippen molar-refractivity contribution in [2.45, 2.75) is 25.4 Å². The summed E-state index contributed by atoms with van der Waals surface area (Å²) in [5.74, 6) is 2.50. The molecule has 0 aliphatic carbocycles. The monoisotopic (exact) mass is 325 g/mol. The molecule has 24 heavy (non-hydrogen) atoms. The Balaban J connectivity index is 1.60. The Hall–Kier alpha value is -2.40. The number of rotatable bonds is 1. The number of aromatic hydroxyl groups is 1. The summed E-state index contributed by atoms with van der Waals surface area (Å²) in [6.07, 6.45) is 1.81. The first kappa shape index (κ1) is 14.0. The van der Waals surface area contributed by atoms with E-state index in [1.807, 2.05) is 6.07 Å². The van der Waals surface area contributed by atoms with Gasteiger partial charge in [-0.1, -0.05) is 6.07 Å². The molecule has 5 heteroatoms. The smallest absolute Gasteiger partial charge is 0.231 e. The first-order valence-electron chi connectivity index (χ1n) is 8.29. The third-order valence-electron chi connectivity index (χ3n) is 5.41. The topological polar surface area (TPSA) is 51.2 Å². The lowest BCUT2D eigenvalue weighted by molar-refractivity contribution is 0.156. The molecule has 2 aromatic carbocycles. The van der Waals surface area contributed by atoms with Crippen LogP contribution in [0, 0.1) is 0 Å². The van der Waals surface area contributed by atoms with Crippen LogP contribution in [0.25, 0.3) is 0 Å². The van der Waals surface area contributed by atoms with Gasteiger partial charge < -0.3 is 19.3 Å². The number of fused-ring (bicyclic) bond motifs is 5. The van der Waals surface area contributed by atoms with Crippen molar-refractivity contribution in [2.24, 2.45) is 0 Å². The first-order chi connectivity index (χ1) is 11.7. The number of phenolic OH excluding ortho intramolecular Hbond substituents is 1. The second-order valence-corrected chi connectivity index (χ2v) is 6.60. The van der Waals surface area contributed by atoms with Crippen LogP contribution in [0.2, 0.25) is 0 Å². The third kappa shape index (κ3) is 1.91. The molecule has 0 amide bonds. The molecule has 3 heterocycles. The van der Waals surface area contributed by atoms with Crippen molar-refractivity contribution in [3.05, 3.63) is 46.5 Å². The predicted molar refractivity (Wildman–Crippen MR) is 87.8 cm³/mol. The fourth-order valence-electron chi connectivity index (χ4n) is 4.20. The zero-order chi connectivity index (χ0) is 16.3. The van der Waals surface area contributed by atoms with E-state index in [1.54, 1.807) is 7.11 Å². The van der Waals surface area contributed by atoms with Crippen LogP contribution in [0.3, 0.4) is 0 Å². The van der Waals surface area contributed by atoms with Crippen LogP contribution in [-0.2, 0) is 19.4 Å². The van der Waals surface area contributed by atoms with Gasteiger partial charge in [-0.3, -0.25) is 4.90 Å². The van der Waals surface area contributed by atoms with Crippen LogP contribution < -0.4 is 14.2 Å². The first-order valence-corrected chi connectivity index (χ1v) is 8.29. The highest BCUT2D eigenvalue weighted by atomic mass is 16.7. The van der Waals surface area contributed by atoms with E-state index in [4.69, 9.17) is 14.2 Å². The quantitative estimate of drug-likeness (QED) is 0.874. The van der Waals surface area contributed by atoms with Gasteiger partial charge in [0.2, 0.25) is 6.79 Å². The Morgan fingerprint density at radius 1 is 1.12 bits per heavy atom. The highest BCUT2D eigenvalue weighted by molar-refractivity contribution is 5.55. The summed E-state index contributed by atoms with van der Waals surface area (Å²) < 4.78 is 16.3. The molecule has 2 aromatic rings. The number of phenols is 1. The maximum absolute atomic E-state index is 10.7. The van der Waals surface area contributed by atoms with Crippen molar-refractivity contribution in [2.75, 3.05) is 20.4 Å². The van der Waals surface area contributed by atoms with E-state index in [0.29, 0.717) is 12.5 Å². The Morgan fingerprint density at radius 2 is 1.92 bits per heavy atom. The molecule has 5 rings (SSSR count). The predicted octanol–water partition coefficient (Wildman–Crippen LogP) is 2.79. The van der Waals surface area contributed by atoms with Gasteiger partial charge in [0, 0.05) is 24.7 Å². The van der Waals surface area contributed by atoms with Crippen molar-refractivity contribution in [3.63, 3.8) is 0 Å². The normalized spacial score (nSPS) is 21.0. The van der Waals surface area contributed by atoms with E-state index < -0.39 is 0 Å². The molecular formula is C19H19NO4. The summed E-state index contributed by atoms with van der Waals surface area (Å²) >= 11 is 0. The van der Waals surface area contributed by atoms with Crippen LogP contribution in [0.1, 0.15) is 28.3 Å². The molecule has 1 N–H and O–H groups in total. The Kier molecular flexibility index (Phi) is 2.94. The minimum atomic E-state index is 0.178. The fourth-order valence-corrected chi connectivity index (χ4v) is 4.20. The van der Waals surface area contributed by atoms with Gasteiger partial charge in [-0.25, -0.2) is 0 Å². The van der Waals surface area contributed by atoms with Crippen LogP contribution in [-0.4, -0.2) is 30.5 Å². The molecule has 0 aromatic heterocycles. The van der Waals surface area contributed by atoms with E-state index in [2.05, 4.69) is 23.1 Å². The van der Waals surface area contributed by atoms with E-state index in [0.717, 1.165) is 43.0 Å². The van der Waals surface area contributed by atoms with Crippen LogP contribution in [0.5, 0.6) is 23.0 Å². The summed E-state index contributed by atoms with van der Waals surface area (Å²) in [4.78, 5) is 2.44. The molecule has 0 saturated carbocycles. The second kappa shape index (κ2) is 5.05. The van der Waals surface area contributed by atoms with Gasteiger partial charge in [-0.2, -0.15) is 0 Å². The SMILES string of the molecule is COc1ccc2c(c1O)[C@@H]1Cc3cc4c(cc3CN1CC2)OCO4. The van der Waals surface area contributed by atoms with Gasteiger partial charge in [-0.05, 0) is 47.7 Å². The molecule has 5 nitrogen and oxygen atoms in total. The summed E-state index contributed by atoms with van der Waals surface area (Å²) in [6.45, 7) is 2.16. The average molecular weight is 325 g/mol. The minimum absolute atomic E-state index is 0.178. The largest absolute Gasteiger partial charge is 0.504 e. The third-order valence-corrected chi connectivity index (χ3v) is 5.41. The number of hydrogen-bond donors (Lipinski definition) is 1. The van der Waals surface area contributed by atoms with Gasteiger partial charge in [0.25, 0.3) is 0 Å². The highest BCUT2D eigenvalue weighted by Crippen LogP contribution is 2.47. The second-order valence-electron chi connectivity index (χ2n) is 6.60. The summed E-state index contributed by atoms with van der Waals surface area (Å²) in [5.41, 5.74) is 4.81. The van der Waals surface area contributed by atoms with E-state index in [9.17, 15) is 5.11 Å². The van der Waals surface area contributed by atoms with Gasteiger partial charge >= 0.3 is 0 Å². The molecule has 124 valence electrons. The van der Waals surface area contributed by atoms with Crippen molar-refractivity contribution in [1.29, 1.82) is 0 Å². The van der Waals surface area contributed by atoms with Crippen molar-refractivity contribution >= 4 is 0 Å². The van der Waals surface area contributed by atoms with Crippen molar-refractivity contribution in [1.82, 2.24) is 4.90 Å². The molecule has 0 radical (unpaired) electrons. The minimum Gasteiger partial charge on any atom is -0.504 e.